The predicted molar refractivity (Wildman–Crippen MR) is 108 cm³/mol. The van der Waals surface area contributed by atoms with Gasteiger partial charge in [-0.1, -0.05) is 0 Å². The topological polar surface area (TPSA) is 103 Å². The van der Waals surface area contributed by atoms with Crippen LogP contribution in [0.5, 0.6) is 0 Å². The second-order valence-electron chi connectivity index (χ2n) is 8.53. The summed E-state index contributed by atoms with van der Waals surface area (Å²) < 4.78 is 95.7. The van der Waals surface area contributed by atoms with Crippen molar-refractivity contribution in [1.82, 2.24) is 14.8 Å². The molecule has 14 heteroatoms. The van der Waals surface area contributed by atoms with E-state index < -0.39 is 51.8 Å². The molecule has 8 nitrogen and oxygen atoms in total. The maximum atomic E-state index is 14.0. The van der Waals surface area contributed by atoms with Crippen LogP contribution in [0.4, 0.5) is 27.6 Å². The summed E-state index contributed by atoms with van der Waals surface area (Å²) in [7, 11) is -3.72. The number of anilines is 1. The third-order valence-electron chi connectivity index (χ3n) is 5.73. The van der Waals surface area contributed by atoms with Crippen LogP contribution in [-0.2, 0) is 27.3 Å². The van der Waals surface area contributed by atoms with E-state index in [0.29, 0.717) is 12.8 Å². The summed E-state index contributed by atoms with van der Waals surface area (Å²) in [4.78, 5) is 16.7. The van der Waals surface area contributed by atoms with E-state index in [1.54, 1.807) is 0 Å². The molecule has 2 heterocycles. The Morgan fingerprint density at radius 2 is 1.97 bits per heavy atom. The molecule has 0 aliphatic heterocycles. The first-order valence-electron chi connectivity index (χ1n) is 10.4. The third-order valence-corrected chi connectivity index (χ3v) is 6.72. The van der Waals surface area contributed by atoms with Gasteiger partial charge in [-0.2, -0.15) is 27.1 Å². The Morgan fingerprint density at radius 1 is 1.29 bits per heavy atom. The fourth-order valence-electron chi connectivity index (χ4n) is 3.97. The standard InChI is InChI=1S/C20H21F5N4O4S/c1-34(31,32)14-8-12(4-5-26-14)27-18(30)17-15(20(23,24)25)16(11-2-3-11)28-29(17)9-10-6-13(7-10)33-19(21)22/h4-5,8,10-11,13,19H,2-3,6-7,9H2,1H3,(H,26,27,30)/t10-,13-. The normalized spacial score (nSPS) is 20.9. The largest absolute Gasteiger partial charge is 0.420 e. The highest BCUT2D eigenvalue weighted by atomic mass is 32.2. The van der Waals surface area contributed by atoms with Crippen molar-refractivity contribution in [2.45, 2.75) is 62.1 Å². The number of pyridine rings is 1. The van der Waals surface area contributed by atoms with Crippen molar-refractivity contribution < 1.29 is 39.9 Å². The zero-order chi connectivity index (χ0) is 24.8. The molecule has 0 bridgehead atoms. The number of alkyl halides is 5. The van der Waals surface area contributed by atoms with Crippen LogP contribution in [-0.4, -0.2) is 48.1 Å². The van der Waals surface area contributed by atoms with Gasteiger partial charge in [0.2, 0.25) is 0 Å². The van der Waals surface area contributed by atoms with Gasteiger partial charge in [-0.05, 0) is 43.7 Å². The molecule has 2 fully saturated rings. The number of amides is 1. The molecule has 34 heavy (non-hydrogen) atoms. The Kier molecular flexibility index (Phi) is 6.40. The summed E-state index contributed by atoms with van der Waals surface area (Å²) in [6.45, 7) is -3.01. The Balaban J connectivity index is 1.65. The SMILES string of the molecule is CS(=O)(=O)c1cc(NC(=O)c2c(C(F)(F)F)c(C3CC3)nn2C[C@H]2C[C@H](OC(F)F)C2)ccn1. The van der Waals surface area contributed by atoms with Gasteiger partial charge in [0.1, 0.15) is 11.3 Å². The maximum absolute atomic E-state index is 14.0. The Morgan fingerprint density at radius 3 is 2.53 bits per heavy atom. The average molecular weight is 508 g/mol. The summed E-state index contributed by atoms with van der Waals surface area (Å²) in [5.74, 6) is -1.82. The van der Waals surface area contributed by atoms with Crippen molar-refractivity contribution in [3.8, 4) is 0 Å². The minimum Gasteiger partial charge on any atom is -0.320 e. The van der Waals surface area contributed by atoms with Gasteiger partial charge in [-0.3, -0.25) is 9.48 Å². The molecule has 2 aromatic heterocycles. The van der Waals surface area contributed by atoms with Crippen LogP contribution in [0.15, 0.2) is 23.4 Å². The molecule has 2 aliphatic carbocycles. The van der Waals surface area contributed by atoms with E-state index in [9.17, 15) is 35.2 Å². The van der Waals surface area contributed by atoms with Crippen molar-refractivity contribution >= 4 is 21.4 Å². The first-order valence-corrected chi connectivity index (χ1v) is 12.3. The lowest BCUT2D eigenvalue weighted by Crippen LogP contribution is -2.36. The van der Waals surface area contributed by atoms with E-state index in [4.69, 9.17) is 0 Å². The number of halogens is 5. The zero-order valence-corrected chi connectivity index (χ0v) is 18.7. The number of carbonyl (C=O) groups is 1. The van der Waals surface area contributed by atoms with Crippen LogP contribution >= 0.6 is 0 Å². The van der Waals surface area contributed by atoms with Crippen LogP contribution in [0.2, 0.25) is 0 Å². The molecule has 2 aromatic rings. The highest BCUT2D eigenvalue weighted by Gasteiger charge is 2.46. The quantitative estimate of drug-likeness (QED) is 0.544. The van der Waals surface area contributed by atoms with Gasteiger partial charge in [-0.25, -0.2) is 13.4 Å². The number of nitrogens with zero attached hydrogens (tertiary/aromatic N) is 3. The molecule has 2 aliphatic rings. The fraction of sp³-hybridized carbons (Fsp3) is 0.550. The minimum absolute atomic E-state index is 0.0525. The van der Waals surface area contributed by atoms with Gasteiger partial charge in [0.25, 0.3) is 5.91 Å². The van der Waals surface area contributed by atoms with E-state index in [0.717, 1.165) is 23.2 Å². The molecular weight excluding hydrogens is 487 g/mol. The van der Waals surface area contributed by atoms with Gasteiger partial charge >= 0.3 is 12.8 Å². The van der Waals surface area contributed by atoms with Crippen LogP contribution in [0.3, 0.4) is 0 Å². The summed E-state index contributed by atoms with van der Waals surface area (Å²) in [6, 6.07) is 2.29. The smallest absolute Gasteiger partial charge is 0.320 e. The van der Waals surface area contributed by atoms with E-state index in [1.807, 2.05) is 0 Å². The van der Waals surface area contributed by atoms with E-state index >= 15 is 0 Å². The monoisotopic (exact) mass is 508 g/mol. The van der Waals surface area contributed by atoms with Gasteiger partial charge in [-0.15, -0.1) is 0 Å². The lowest BCUT2D eigenvalue weighted by molar-refractivity contribution is -0.192. The van der Waals surface area contributed by atoms with Crippen molar-refractivity contribution in [1.29, 1.82) is 0 Å². The van der Waals surface area contributed by atoms with Crippen molar-refractivity contribution in [3.63, 3.8) is 0 Å². The molecule has 0 saturated heterocycles. The number of ether oxygens (including phenoxy) is 1. The molecule has 2 saturated carbocycles. The molecule has 1 N–H and O–H groups in total. The highest BCUT2D eigenvalue weighted by Crippen LogP contribution is 2.47. The summed E-state index contributed by atoms with van der Waals surface area (Å²) in [5, 5.41) is 6.06. The molecule has 0 unspecified atom stereocenters. The molecule has 0 aromatic carbocycles. The average Bonchev–Trinajstić information content (AvgIpc) is 3.45. The van der Waals surface area contributed by atoms with E-state index in [2.05, 4.69) is 20.1 Å². The second-order valence-corrected chi connectivity index (χ2v) is 10.5. The van der Waals surface area contributed by atoms with Gasteiger partial charge in [0, 0.05) is 30.6 Å². The molecule has 4 rings (SSSR count). The number of nitrogens with one attached hydrogen (secondary N) is 1. The van der Waals surface area contributed by atoms with Gasteiger partial charge < -0.3 is 10.1 Å². The van der Waals surface area contributed by atoms with Crippen molar-refractivity contribution in [2.75, 3.05) is 11.6 Å². The van der Waals surface area contributed by atoms with Crippen LogP contribution < -0.4 is 5.32 Å². The molecule has 0 atom stereocenters. The predicted octanol–water partition coefficient (Wildman–Crippen LogP) is 3.85. The molecular formula is C20H21F5N4O4S. The third kappa shape index (κ3) is 5.37. The van der Waals surface area contributed by atoms with E-state index in [-0.39, 0.29) is 41.7 Å². The van der Waals surface area contributed by atoms with Crippen molar-refractivity contribution in [2.24, 2.45) is 5.92 Å². The summed E-state index contributed by atoms with van der Waals surface area (Å²) in [5.41, 5.74) is -2.11. The van der Waals surface area contributed by atoms with Crippen molar-refractivity contribution in [3.05, 3.63) is 35.3 Å². The number of carbonyl (C=O) groups excluding carboxylic acids is 1. The lowest BCUT2D eigenvalue weighted by atomic mass is 9.82. The Hall–Kier alpha value is -2.61. The Bertz CT molecular complexity index is 1190. The minimum atomic E-state index is -4.86. The number of sulfone groups is 1. The maximum Gasteiger partial charge on any atom is 0.420 e. The van der Waals surface area contributed by atoms with Crippen LogP contribution in [0, 0.1) is 5.92 Å². The van der Waals surface area contributed by atoms with Crippen LogP contribution in [0.25, 0.3) is 0 Å². The number of hydrogen-bond acceptors (Lipinski definition) is 6. The number of rotatable bonds is 8. The summed E-state index contributed by atoms with van der Waals surface area (Å²) >= 11 is 0. The summed E-state index contributed by atoms with van der Waals surface area (Å²) in [6.07, 6.45) is -2.12. The first-order chi connectivity index (χ1) is 15.8. The molecule has 1 amide bonds. The van der Waals surface area contributed by atoms with Gasteiger partial charge in [0.15, 0.2) is 14.9 Å². The second kappa shape index (κ2) is 8.87. The number of hydrogen-bond donors (Lipinski definition) is 1. The number of aromatic nitrogens is 3. The first kappa shape index (κ1) is 24.5. The van der Waals surface area contributed by atoms with Gasteiger partial charge in [0.05, 0.1) is 11.8 Å². The molecule has 186 valence electrons. The molecule has 0 radical (unpaired) electrons. The van der Waals surface area contributed by atoms with E-state index in [1.165, 1.54) is 6.07 Å². The zero-order valence-electron chi connectivity index (χ0n) is 17.8. The Labute approximate surface area is 191 Å². The highest BCUT2D eigenvalue weighted by molar-refractivity contribution is 7.90. The fourth-order valence-corrected chi connectivity index (χ4v) is 4.56. The lowest BCUT2D eigenvalue weighted by Gasteiger charge is -2.34. The van der Waals surface area contributed by atoms with Crippen LogP contribution in [0.1, 0.15) is 53.3 Å². The molecule has 0 spiro atoms.